The summed E-state index contributed by atoms with van der Waals surface area (Å²) in [5.41, 5.74) is 3.02. The number of nitrogens with one attached hydrogen (secondary N) is 2. The molecule has 0 bridgehead atoms. The molecule has 2 aromatic carbocycles. The number of thiocarbonyl (C=S) groups is 1. The molecule has 1 heterocycles. The van der Waals surface area contributed by atoms with Crippen molar-refractivity contribution in [3.05, 3.63) is 64.5 Å². The summed E-state index contributed by atoms with van der Waals surface area (Å²) in [6.07, 6.45) is 0. The van der Waals surface area contributed by atoms with E-state index in [2.05, 4.69) is 36.7 Å². The molecular weight excluding hydrogens is 388 g/mol. The van der Waals surface area contributed by atoms with Gasteiger partial charge in [0.1, 0.15) is 0 Å². The quantitative estimate of drug-likeness (QED) is 0.634. The SMILES string of the molecule is Cc1ccc(NC(=S)NCc2nc(-c3cccc(Br)c3)no2)cc1. The van der Waals surface area contributed by atoms with Gasteiger partial charge in [-0.15, -0.1) is 0 Å². The molecule has 24 heavy (non-hydrogen) atoms. The Labute approximate surface area is 153 Å². The van der Waals surface area contributed by atoms with E-state index >= 15 is 0 Å². The molecule has 3 rings (SSSR count). The molecule has 0 radical (unpaired) electrons. The molecule has 1 aromatic heterocycles. The van der Waals surface area contributed by atoms with Gasteiger partial charge in [-0.2, -0.15) is 4.98 Å². The van der Waals surface area contributed by atoms with E-state index in [-0.39, 0.29) is 0 Å². The molecular formula is C17H15BrN4OS. The number of hydrogen-bond donors (Lipinski definition) is 2. The van der Waals surface area contributed by atoms with Crippen molar-refractivity contribution < 1.29 is 4.52 Å². The predicted molar refractivity (Wildman–Crippen MR) is 102 cm³/mol. The molecule has 0 aliphatic rings. The maximum atomic E-state index is 5.27. The third-order valence-corrected chi connectivity index (χ3v) is 4.00. The second-order valence-corrected chi connectivity index (χ2v) is 6.52. The average molecular weight is 403 g/mol. The zero-order valence-corrected chi connectivity index (χ0v) is 15.3. The van der Waals surface area contributed by atoms with Crippen LogP contribution in [0.15, 0.2) is 57.5 Å². The molecule has 0 fully saturated rings. The van der Waals surface area contributed by atoms with Crippen LogP contribution in [0.4, 0.5) is 5.69 Å². The third-order valence-electron chi connectivity index (χ3n) is 3.26. The minimum atomic E-state index is 0.360. The molecule has 0 atom stereocenters. The van der Waals surface area contributed by atoms with Crippen molar-refractivity contribution in [2.24, 2.45) is 0 Å². The second-order valence-electron chi connectivity index (χ2n) is 5.20. The summed E-state index contributed by atoms with van der Waals surface area (Å²) in [7, 11) is 0. The maximum Gasteiger partial charge on any atom is 0.246 e. The summed E-state index contributed by atoms with van der Waals surface area (Å²) in [5, 5.41) is 10.7. The van der Waals surface area contributed by atoms with Crippen molar-refractivity contribution in [1.82, 2.24) is 15.5 Å². The number of anilines is 1. The van der Waals surface area contributed by atoms with Crippen LogP contribution < -0.4 is 10.6 Å². The lowest BCUT2D eigenvalue weighted by atomic mass is 10.2. The topological polar surface area (TPSA) is 63.0 Å². The van der Waals surface area contributed by atoms with Crippen LogP contribution in [0.3, 0.4) is 0 Å². The Hall–Kier alpha value is -2.25. The number of rotatable bonds is 4. The number of aromatic nitrogens is 2. The number of benzene rings is 2. The van der Waals surface area contributed by atoms with Gasteiger partial charge < -0.3 is 15.2 Å². The van der Waals surface area contributed by atoms with Gasteiger partial charge in [-0.05, 0) is 43.4 Å². The van der Waals surface area contributed by atoms with Gasteiger partial charge in [-0.1, -0.05) is 50.9 Å². The van der Waals surface area contributed by atoms with Crippen LogP contribution >= 0.6 is 28.1 Å². The van der Waals surface area contributed by atoms with Crippen molar-refractivity contribution in [2.75, 3.05) is 5.32 Å². The third kappa shape index (κ3) is 4.39. The van der Waals surface area contributed by atoms with E-state index in [1.165, 1.54) is 5.56 Å². The van der Waals surface area contributed by atoms with Gasteiger partial charge in [0, 0.05) is 15.7 Å². The fraction of sp³-hybridized carbons (Fsp3) is 0.118. The summed E-state index contributed by atoms with van der Waals surface area (Å²) in [5.74, 6) is 1.02. The lowest BCUT2D eigenvalue weighted by Crippen LogP contribution is -2.27. The van der Waals surface area contributed by atoms with Gasteiger partial charge in [0.05, 0.1) is 6.54 Å². The van der Waals surface area contributed by atoms with Gasteiger partial charge >= 0.3 is 0 Å². The van der Waals surface area contributed by atoms with E-state index in [1.54, 1.807) is 0 Å². The normalized spacial score (nSPS) is 10.4. The van der Waals surface area contributed by atoms with E-state index in [0.29, 0.717) is 23.4 Å². The van der Waals surface area contributed by atoms with Crippen LogP contribution in [0.1, 0.15) is 11.5 Å². The monoisotopic (exact) mass is 402 g/mol. The molecule has 7 heteroatoms. The van der Waals surface area contributed by atoms with Crippen molar-refractivity contribution in [1.29, 1.82) is 0 Å². The molecule has 0 unspecified atom stereocenters. The van der Waals surface area contributed by atoms with Gasteiger partial charge in [0.25, 0.3) is 0 Å². The first-order valence-corrected chi connectivity index (χ1v) is 8.50. The van der Waals surface area contributed by atoms with Gasteiger partial charge in [0.15, 0.2) is 5.11 Å². The van der Waals surface area contributed by atoms with Crippen molar-refractivity contribution in [2.45, 2.75) is 13.5 Å². The minimum absolute atomic E-state index is 0.360. The van der Waals surface area contributed by atoms with Crippen molar-refractivity contribution >= 4 is 38.9 Å². The highest BCUT2D eigenvalue weighted by molar-refractivity contribution is 9.10. The first-order valence-electron chi connectivity index (χ1n) is 7.30. The van der Waals surface area contributed by atoms with Gasteiger partial charge in [0.2, 0.25) is 11.7 Å². The number of halogens is 1. The maximum absolute atomic E-state index is 5.27. The molecule has 122 valence electrons. The number of hydrogen-bond acceptors (Lipinski definition) is 4. The Morgan fingerprint density at radius 2 is 2.00 bits per heavy atom. The zero-order chi connectivity index (χ0) is 16.9. The summed E-state index contributed by atoms with van der Waals surface area (Å²) < 4.78 is 6.21. The molecule has 0 saturated heterocycles. The molecule has 5 nitrogen and oxygen atoms in total. The lowest BCUT2D eigenvalue weighted by molar-refractivity contribution is 0.376. The highest BCUT2D eigenvalue weighted by atomic mass is 79.9. The second kappa shape index (κ2) is 7.55. The predicted octanol–water partition coefficient (Wildman–Crippen LogP) is 4.29. The molecule has 0 aliphatic carbocycles. The summed E-state index contributed by atoms with van der Waals surface area (Å²) in [4.78, 5) is 4.36. The Kier molecular flexibility index (Phi) is 5.22. The number of aryl methyl sites for hydroxylation is 1. The van der Waals surface area contributed by atoms with E-state index in [1.807, 2.05) is 55.5 Å². The van der Waals surface area contributed by atoms with Crippen LogP contribution in [0, 0.1) is 6.92 Å². The molecule has 0 amide bonds. The average Bonchev–Trinajstić information content (AvgIpc) is 3.04. The molecule has 3 aromatic rings. The van der Waals surface area contributed by atoms with Crippen LogP contribution in [0.25, 0.3) is 11.4 Å². The first-order chi connectivity index (χ1) is 11.6. The van der Waals surface area contributed by atoms with E-state index < -0.39 is 0 Å². The van der Waals surface area contributed by atoms with Crippen molar-refractivity contribution in [3.8, 4) is 11.4 Å². The highest BCUT2D eigenvalue weighted by Gasteiger charge is 2.09. The Morgan fingerprint density at radius 1 is 1.21 bits per heavy atom. The fourth-order valence-electron chi connectivity index (χ4n) is 2.04. The van der Waals surface area contributed by atoms with Crippen LogP contribution in [-0.4, -0.2) is 15.3 Å². The Balaban J connectivity index is 1.57. The first kappa shape index (κ1) is 16.6. The van der Waals surface area contributed by atoms with Crippen LogP contribution in [0.5, 0.6) is 0 Å². The van der Waals surface area contributed by atoms with E-state index in [9.17, 15) is 0 Å². The smallest absolute Gasteiger partial charge is 0.246 e. The fourth-order valence-corrected chi connectivity index (χ4v) is 2.63. The Morgan fingerprint density at radius 3 is 2.75 bits per heavy atom. The molecule has 0 saturated carbocycles. The highest BCUT2D eigenvalue weighted by Crippen LogP contribution is 2.20. The van der Waals surface area contributed by atoms with Crippen LogP contribution in [0.2, 0.25) is 0 Å². The van der Waals surface area contributed by atoms with Gasteiger partial charge in [-0.25, -0.2) is 0 Å². The molecule has 0 aliphatic heterocycles. The van der Waals surface area contributed by atoms with E-state index in [0.717, 1.165) is 15.7 Å². The summed E-state index contributed by atoms with van der Waals surface area (Å²) in [6.45, 7) is 2.40. The van der Waals surface area contributed by atoms with E-state index in [4.69, 9.17) is 16.7 Å². The largest absolute Gasteiger partial charge is 0.353 e. The van der Waals surface area contributed by atoms with Crippen molar-refractivity contribution in [3.63, 3.8) is 0 Å². The van der Waals surface area contributed by atoms with Gasteiger partial charge in [-0.3, -0.25) is 0 Å². The van der Waals surface area contributed by atoms with Crippen LogP contribution in [-0.2, 0) is 6.54 Å². The summed E-state index contributed by atoms with van der Waals surface area (Å²) >= 11 is 8.70. The minimum Gasteiger partial charge on any atom is -0.353 e. The standard InChI is InChI=1S/C17H15BrN4OS/c1-11-5-7-14(8-6-11)20-17(24)19-10-15-21-16(22-23-15)12-3-2-4-13(18)9-12/h2-9H,10H2,1H3,(H2,19,20,24). The lowest BCUT2D eigenvalue weighted by Gasteiger charge is -2.08. The molecule has 2 N–H and O–H groups in total. The Bertz CT molecular complexity index is 848. The molecule has 0 spiro atoms. The zero-order valence-electron chi connectivity index (χ0n) is 12.9. The summed E-state index contributed by atoms with van der Waals surface area (Å²) in [6, 6.07) is 15.7. The number of nitrogens with zero attached hydrogens (tertiary/aromatic N) is 2.